The van der Waals surface area contributed by atoms with Gasteiger partial charge in [0.25, 0.3) is 0 Å². The molecule has 2 unspecified atom stereocenters. The number of hydrogen-bond donors (Lipinski definition) is 2. The van der Waals surface area contributed by atoms with Crippen LogP contribution in [0.5, 0.6) is 0 Å². The van der Waals surface area contributed by atoms with E-state index in [4.69, 9.17) is 5.11 Å². The summed E-state index contributed by atoms with van der Waals surface area (Å²) < 4.78 is 4.59. The Morgan fingerprint density at radius 3 is 2.43 bits per heavy atom. The predicted molar refractivity (Wildman–Crippen MR) is 50.9 cm³/mol. The van der Waals surface area contributed by atoms with Crippen molar-refractivity contribution in [2.24, 2.45) is 5.92 Å². The van der Waals surface area contributed by atoms with Gasteiger partial charge in [-0.1, -0.05) is 20.3 Å². The molecule has 0 aliphatic heterocycles. The van der Waals surface area contributed by atoms with E-state index in [1.807, 2.05) is 6.92 Å². The Labute approximate surface area is 83.4 Å². The molecule has 2 N–H and O–H groups in total. The van der Waals surface area contributed by atoms with Crippen LogP contribution in [0, 0.1) is 5.92 Å². The average molecular weight is 203 g/mol. The number of carboxylic acid groups (broad SMARTS) is 1. The van der Waals surface area contributed by atoms with Crippen molar-refractivity contribution >= 4 is 11.9 Å². The van der Waals surface area contributed by atoms with Gasteiger partial charge in [-0.3, -0.25) is 4.79 Å². The fourth-order valence-electron chi connectivity index (χ4n) is 1.03. The second-order valence-electron chi connectivity index (χ2n) is 3.20. The van der Waals surface area contributed by atoms with E-state index in [0.29, 0.717) is 6.42 Å². The van der Waals surface area contributed by atoms with E-state index in [2.05, 4.69) is 10.1 Å². The molecule has 0 aromatic carbocycles. The van der Waals surface area contributed by atoms with Gasteiger partial charge in [-0.15, -0.1) is 0 Å². The topological polar surface area (TPSA) is 75.6 Å². The highest BCUT2D eigenvalue weighted by atomic mass is 16.5. The number of hydrogen-bond acceptors (Lipinski definition) is 3. The van der Waals surface area contributed by atoms with E-state index in [0.717, 1.165) is 0 Å². The summed E-state index contributed by atoms with van der Waals surface area (Å²) in [5.41, 5.74) is 0. The van der Waals surface area contributed by atoms with Crippen molar-refractivity contribution < 1.29 is 19.4 Å². The Kier molecular flexibility index (Phi) is 5.87. The number of carbonyl (C=O) groups excluding carboxylic acids is 1. The van der Waals surface area contributed by atoms with Crippen molar-refractivity contribution in [3.63, 3.8) is 0 Å². The number of ether oxygens (including phenoxy) is 1. The molecule has 0 bridgehead atoms. The summed E-state index contributed by atoms with van der Waals surface area (Å²) in [4.78, 5) is 21.9. The molecule has 0 heterocycles. The number of nitrogens with one attached hydrogen (secondary N) is 1. The highest BCUT2D eigenvalue weighted by Gasteiger charge is 2.24. The number of aliphatic carboxylic acids is 1. The van der Waals surface area contributed by atoms with Gasteiger partial charge in [-0.2, -0.15) is 0 Å². The van der Waals surface area contributed by atoms with Crippen LogP contribution < -0.4 is 5.32 Å². The van der Waals surface area contributed by atoms with Crippen LogP contribution in [0.3, 0.4) is 0 Å². The van der Waals surface area contributed by atoms with Gasteiger partial charge >= 0.3 is 5.97 Å². The van der Waals surface area contributed by atoms with Gasteiger partial charge in [0, 0.05) is 7.11 Å². The monoisotopic (exact) mass is 203 g/mol. The molecule has 0 rings (SSSR count). The van der Waals surface area contributed by atoms with Gasteiger partial charge in [0.05, 0.1) is 0 Å². The third kappa shape index (κ3) is 4.23. The lowest BCUT2D eigenvalue weighted by atomic mass is 9.99. The Bertz CT molecular complexity index is 205. The van der Waals surface area contributed by atoms with Crippen LogP contribution in [-0.4, -0.2) is 36.7 Å². The Morgan fingerprint density at radius 2 is 2.07 bits per heavy atom. The molecule has 0 aromatic rings. The average Bonchev–Trinajstić information content (AvgIpc) is 2.13. The number of methoxy groups -OCH3 is 1. The summed E-state index contributed by atoms with van der Waals surface area (Å²) in [6.45, 7) is 3.55. The lowest BCUT2D eigenvalue weighted by Crippen LogP contribution is -2.46. The standard InChI is InChI=1S/C9H17NO4/c1-4-6(2)8(9(12)13)10-7(11)5-14-3/h6,8H,4-5H2,1-3H3,(H,10,11)(H,12,13). The molecule has 0 spiro atoms. The van der Waals surface area contributed by atoms with Gasteiger partial charge in [-0.25, -0.2) is 4.79 Å². The quantitative estimate of drug-likeness (QED) is 0.648. The molecule has 0 aliphatic rings. The number of carbonyl (C=O) groups is 2. The van der Waals surface area contributed by atoms with E-state index in [1.165, 1.54) is 7.11 Å². The van der Waals surface area contributed by atoms with Gasteiger partial charge < -0.3 is 15.2 Å². The lowest BCUT2D eigenvalue weighted by Gasteiger charge is -2.19. The highest BCUT2D eigenvalue weighted by molar-refractivity contribution is 5.84. The third-order valence-corrected chi connectivity index (χ3v) is 2.07. The van der Waals surface area contributed by atoms with E-state index in [9.17, 15) is 9.59 Å². The Hall–Kier alpha value is -1.10. The summed E-state index contributed by atoms with van der Waals surface area (Å²) in [5, 5.41) is 11.2. The molecular weight excluding hydrogens is 186 g/mol. The first-order valence-corrected chi connectivity index (χ1v) is 4.54. The van der Waals surface area contributed by atoms with Crippen molar-refractivity contribution in [2.75, 3.05) is 13.7 Å². The molecular formula is C9H17NO4. The van der Waals surface area contributed by atoms with E-state index in [1.54, 1.807) is 6.92 Å². The van der Waals surface area contributed by atoms with Gasteiger partial charge in [-0.05, 0) is 5.92 Å². The molecule has 0 aliphatic carbocycles. The zero-order valence-electron chi connectivity index (χ0n) is 8.74. The zero-order chi connectivity index (χ0) is 11.1. The van der Waals surface area contributed by atoms with Crippen molar-refractivity contribution in [3.8, 4) is 0 Å². The van der Waals surface area contributed by atoms with E-state index >= 15 is 0 Å². The number of amides is 1. The van der Waals surface area contributed by atoms with Crippen LogP contribution >= 0.6 is 0 Å². The van der Waals surface area contributed by atoms with Crippen LogP contribution in [0.4, 0.5) is 0 Å². The summed E-state index contributed by atoms with van der Waals surface area (Å²) in [6, 6.07) is -0.831. The van der Waals surface area contributed by atoms with Crippen LogP contribution in [0.15, 0.2) is 0 Å². The molecule has 0 aromatic heterocycles. The highest BCUT2D eigenvalue weighted by Crippen LogP contribution is 2.07. The summed E-state index contributed by atoms with van der Waals surface area (Å²) in [5.74, 6) is -1.50. The molecule has 1 amide bonds. The zero-order valence-corrected chi connectivity index (χ0v) is 8.74. The van der Waals surface area contributed by atoms with Crippen molar-refractivity contribution in [2.45, 2.75) is 26.3 Å². The molecule has 14 heavy (non-hydrogen) atoms. The molecule has 0 fully saturated rings. The molecule has 0 saturated carbocycles. The predicted octanol–water partition coefficient (Wildman–Crippen LogP) is 0.248. The summed E-state index contributed by atoms with van der Waals surface area (Å²) >= 11 is 0. The van der Waals surface area contributed by atoms with Gasteiger partial charge in [0.2, 0.25) is 5.91 Å². The minimum atomic E-state index is -1.01. The molecule has 2 atom stereocenters. The van der Waals surface area contributed by atoms with E-state index < -0.39 is 17.9 Å². The van der Waals surface area contributed by atoms with Crippen LogP contribution in [0.1, 0.15) is 20.3 Å². The van der Waals surface area contributed by atoms with Gasteiger partial charge in [0.1, 0.15) is 12.6 Å². The summed E-state index contributed by atoms with van der Waals surface area (Å²) in [7, 11) is 1.39. The molecule has 5 nitrogen and oxygen atoms in total. The van der Waals surface area contributed by atoms with E-state index in [-0.39, 0.29) is 12.5 Å². The van der Waals surface area contributed by atoms with Crippen LogP contribution in [0.25, 0.3) is 0 Å². The SMILES string of the molecule is CCC(C)C(NC(=O)COC)C(=O)O. The Morgan fingerprint density at radius 1 is 1.50 bits per heavy atom. The number of rotatable bonds is 6. The number of carboxylic acids is 1. The molecule has 0 radical (unpaired) electrons. The normalized spacial score (nSPS) is 14.5. The summed E-state index contributed by atoms with van der Waals surface area (Å²) in [6.07, 6.45) is 0.699. The maximum Gasteiger partial charge on any atom is 0.326 e. The van der Waals surface area contributed by atoms with Crippen molar-refractivity contribution in [3.05, 3.63) is 0 Å². The maximum atomic E-state index is 11.1. The lowest BCUT2D eigenvalue weighted by molar-refractivity contribution is -0.143. The third-order valence-electron chi connectivity index (χ3n) is 2.07. The smallest absolute Gasteiger partial charge is 0.326 e. The fraction of sp³-hybridized carbons (Fsp3) is 0.778. The van der Waals surface area contributed by atoms with Gasteiger partial charge in [0.15, 0.2) is 0 Å². The Balaban J connectivity index is 4.23. The fourth-order valence-corrected chi connectivity index (χ4v) is 1.03. The van der Waals surface area contributed by atoms with Crippen LogP contribution in [-0.2, 0) is 14.3 Å². The largest absolute Gasteiger partial charge is 0.480 e. The molecule has 0 saturated heterocycles. The van der Waals surface area contributed by atoms with Crippen molar-refractivity contribution in [1.82, 2.24) is 5.32 Å². The molecule has 82 valence electrons. The minimum Gasteiger partial charge on any atom is -0.480 e. The first kappa shape index (κ1) is 12.9. The second-order valence-corrected chi connectivity index (χ2v) is 3.20. The maximum absolute atomic E-state index is 11.1. The first-order valence-electron chi connectivity index (χ1n) is 4.54. The molecule has 5 heteroatoms. The first-order chi connectivity index (χ1) is 6.52. The minimum absolute atomic E-state index is 0.0895. The van der Waals surface area contributed by atoms with Crippen LogP contribution in [0.2, 0.25) is 0 Å². The second kappa shape index (κ2) is 6.37. The van der Waals surface area contributed by atoms with Crippen molar-refractivity contribution in [1.29, 1.82) is 0 Å².